The van der Waals surface area contributed by atoms with Crippen LogP contribution in [0.1, 0.15) is 27.3 Å². The van der Waals surface area contributed by atoms with Crippen molar-refractivity contribution in [2.24, 2.45) is 0 Å². The number of carbonyl (C=O) groups excluding carboxylic acids is 1. The lowest BCUT2D eigenvalue weighted by Gasteiger charge is -2.10. The van der Waals surface area contributed by atoms with E-state index < -0.39 is 0 Å². The van der Waals surface area contributed by atoms with Gasteiger partial charge in [-0.1, -0.05) is 30.3 Å². The Morgan fingerprint density at radius 1 is 0.968 bits per heavy atom. The third-order valence-corrected chi connectivity index (χ3v) is 5.29. The number of rotatable bonds is 5. The van der Waals surface area contributed by atoms with E-state index >= 15 is 0 Å². The summed E-state index contributed by atoms with van der Waals surface area (Å²) in [7, 11) is 0. The zero-order valence-corrected chi connectivity index (χ0v) is 17.0. The molecule has 0 saturated carbocycles. The van der Waals surface area contributed by atoms with Crippen LogP contribution < -0.4 is 5.32 Å². The van der Waals surface area contributed by atoms with E-state index in [4.69, 9.17) is 0 Å². The fraction of sp³-hybridized carbons (Fsp3) is 0.125. The van der Waals surface area contributed by atoms with Crippen LogP contribution in [0.2, 0.25) is 0 Å². The van der Waals surface area contributed by atoms with Gasteiger partial charge in [-0.25, -0.2) is 4.98 Å². The molecule has 0 aliphatic carbocycles. The second kappa shape index (κ2) is 7.95. The zero-order valence-electron chi connectivity index (χ0n) is 17.0. The molecule has 152 valence electrons. The average molecular weight is 408 g/mol. The largest absolute Gasteiger partial charge is 0.348 e. The summed E-state index contributed by atoms with van der Waals surface area (Å²) in [6, 6.07) is 19.4. The number of aryl methyl sites for hydroxylation is 1. The number of benzene rings is 2. The summed E-state index contributed by atoms with van der Waals surface area (Å²) >= 11 is 0. The minimum atomic E-state index is -0.144. The molecule has 3 aromatic heterocycles. The molecule has 0 fully saturated rings. The van der Waals surface area contributed by atoms with Crippen LogP contribution in [0.3, 0.4) is 0 Å². The maximum atomic E-state index is 12.8. The lowest BCUT2D eigenvalue weighted by molar-refractivity contribution is 0.0951. The first-order valence-electron chi connectivity index (χ1n) is 10.0. The van der Waals surface area contributed by atoms with Crippen LogP contribution in [0.4, 0.5) is 0 Å². The molecule has 0 unspecified atom stereocenters. The van der Waals surface area contributed by atoms with Crippen LogP contribution in [-0.4, -0.2) is 30.6 Å². The molecule has 1 amide bonds. The number of amides is 1. The van der Waals surface area contributed by atoms with Gasteiger partial charge in [-0.15, -0.1) is 10.2 Å². The van der Waals surface area contributed by atoms with Crippen LogP contribution in [0.5, 0.6) is 0 Å². The SMILES string of the molecule is Cc1nc2nnc3ccc(C(=O)NCc4ccncc4)cc3c2n1Cc1ccccc1. The molecule has 7 heteroatoms. The highest BCUT2D eigenvalue weighted by Crippen LogP contribution is 2.25. The lowest BCUT2D eigenvalue weighted by Crippen LogP contribution is -2.22. The van der Waals surface area contributed by atoms with E-state index in [2.05, 4.69) is 42.2 Å². The lowest BCUT2D eigenvalue weighted by atomic mass is 10.1. The van der Waals surface area contributed by atoms with Crippen molar-refractivity contribution in [1.29, 1.82) is 0 Å². The Bertz CT molecular complexity index is 1380. The van der Waals surface area contributed by atoms with Crippen molar-refractivity contribution in [3.05, 3.63) is 95.6 Å². The molecule has 0 bridgehead atoms. The molecule has 1 N–H and O–H groups in total. The summed E-state index contributed by atoms with van der Waals surface area (Å²) in [4.78, 5) is 21.4. The Morgan fingerprint density at radius 2 is 1.77 bits per heavy atom. The molecule has 31 heavy (non-hydrogen) atoms. The van der Waals surface area contributed by atoms with Crippen molar-refractivity contribution < 1.29 is 4.79 Å². The van der Waals surface area contributed by atoms with Crippen LogP contribution in [0.15, 0.2) is 73.1 Å². The Labute approximate surface area is 178 Å². The molecule has 0 radical (unpaired) electrons. The first-order valence-corrected chi connectivity index (χ1v) is 10.0. The van der Waals surface area contributed by atoms with Gasteiger partial charge in [0, 0.05) is 36.4 Å². The maximum absolute atomic E-state index is 12.8. The number of nitrogens with one attached hydrogen (secondary N) is 1. The Kier molecular flexibility index (Phi) is 4.84. The summed E-state index contributed by atoms with van der Waals surface area (Å²) in [6.45, 7) is 3.07. The fourth-order valence-corrected chi connectivity index (χ4v) is 3.68. The van der Waals surface area contributed by atoms with Gasteiger partial charge < -0.3 is 9.88 Å². The molecule has 0 saturated heterocycles. The third-order valence-electron chi connectivity index (χ3n) is 5.29. The van der Waals surface area contributed by atoms with Crippen LogP contribution >= 0.6 is 0 Å². The second-order valence-corrected chi connectivity index (χ2v) is 7.37. The van der Waals surface area contributed by atoms with E-state index in [1.165, 1.54) is 5.56 Å². The highest BCUT2D eigenvalue weighted by molar-refractivity contribution is 6.05. The van der Waals surface area contributed by atoms with E-state index in [-0.39, 0.29) is 5.91 Å². The normalized spacial score (nSPS) is 11.1. The smallest absolute Gasteiger partial charge is 0.251 e. The minimum absolute atomic E-state index is 0.144. The second-order valence-electron chi connectivity index (χ2n) is 7.37. The highest BCUT2D eigenvalue weighted by Gasteiger charge is 2.15. The number of hydrogen-bond donors (Lipinski definition) is 1. The van der Waals surface area contributed by atoms with Crippen molar-refractivity contribution in [2.75, 3.05) is 0 Å². The maximum Gasteiger partial charge on any atom is 0.251 e. The van der Waals surface area contributed by atoms with Crippen molar-refractivity contribution in [3.63, 3.8) is 0 Å². The number of nitrogens with zero attached hydrogens (tertiary/aromatic N) is 5. The molecule has 0 atom stereocenters. The number of carbonyl (C=O) groups is 1. The number of pyridine rings is 1. The molecule has 3 heterocycles. The summed E-state index contributed by atoms with van der Waals surface area (Å²) in [5.74, 6) is 0.711. The van der Waals surface area contributed by atoms with Crippen molar-refractivity contribution in [3.8, 4) is 0 Å². The number of fused-ring (bicyclic) bond motifs is 3. The predicted molar refractivity (Wildman–Crippen MR) is 119 cm³/mol. The quantitative estimate of drug-likeness (QED) is 0.480. The molecular weight excluding hydrogens is 388 g/mol. The molecule has 5 aromatic rings. The average Bonchev–Trinajstić information content (AvgIpc) is 3.14. The summed E-state index contributed by atoms with van der Waals surface area (Å²) < 4.78 is 2.13. The molecule has 0 spiro atoms. The molecular formula is C24H20N6O. The van der Waals surface area contributed by atoms with E-state index in [0.717, 1.165) is 27.8 Å². The van der Waals surface area contributed by atoms with Gasteiger partial charge in [0.2, 0.25) is 5.65 Å². The van der Waals surface area contributed by atoms with Gasteiger partial charge in [0.1, 0.15) is 5.82 Å². The van der Waals surface area contributed by atoms with Crippen LogP contribution in [-0.2, 0) is 13.1 Å². The van der Waals surface area contributed by atoms with Gasteiger partial charge in [0.25, 0.3) is 5.91 Å². The first-order chi connectivity index (χ1) is 15.2. The molecule has 0 aliphatic heterocycles. The highest BCUT2D eigenvalue weighted by atomic mass is 16.1. The van der Waals surface area contributed by atoms with Crippen LogP contribution in [0, 0.1) is 6.92 Å². The van der Waals surface area contributed by atoms with Gasteiger partial charge in [-0.2, -0.15) is 0 Å². The third kappa shape index (κ3) is 3.73. The Hall–Kier alpha value is -4.13. The standard InChI is InChI=1S/C24H20N6O/c1-16-27-23-22(30(16)15-18-5-3-2-4-6-18)20-13-19(7-8-21(20)28-29-23)24(31)26-14-17-9-11-25-12-10-17/h2-13H,14-15H2,1H3,(H,26,31). The predicted octanol–water partition coefficient (Wildman–Crippen LogP) is 3.66. The van der Waals surface area contributed by atoms with Crippen LogP contribution in [0.25, 0.3) is 22.1 Å². The summed E-state index contributed by atoms with van der Waals surface area (Å²) in [6.07, 6.45) is 3.42. The van der Waals surface area contributed by atoms with E-state index in [9.17, 15) is 4.79 Å². The Balaban J connectivity index is 1.53. The number of hydrogen-bond acceptors (Lipinski definition) is 5. The molecule has 2 aromatic carbocycles. The van der Waals surface area contributed by atoms with E-state index in [0.29, 0.717) is 24.3 Å². The van der Waals surface area contributed by atoms with Crippen molar-refractivity contribution >= 4 is 28.0 Å². The summed E-state index contributed by atoms with van der Waals surface area (Å²) in [5, 5.41) is 12.4. The molecule has 5 rings (SSSR count). The summed E-state index contributed by atoms with van der Waals surface area (Å²) in [5.41, 5.74) is 4.92. The van der Waals surface area contributed by atoms with Gasteiger partial charge in [-0.3, -0.25) is 9.78 Å². The van der Waals surface area contributed by atoms with Crippen molar-refractivity contribution in [1.82, 2.24) is 30.0 Å². The molecule has 0 aliphatic rings. The monoisotopic (exact) mass is 408 g/mol. The number of aromatic nitrogens is 5. The zero-order chi connectivity index (χ0) is 21.2. The number of imidazole rings is 1. The first kappa shape index (κ1) is 18.9. The van der Waals surface area contributed by atoms with Gasteiger partial charge in [0.15, 0.2) is 0 Å². The van der Waals surface area contributed by atoms with Gasteiger partial charge in [0.05, 0.1) is 11.0 Å². The minimum Gasteiger partial charge on any atom is -0.348 e. The van der Waals surface area contributed by atoms with Gasteiger partial charge in [-0.05, 0) is 48.4 Å². The Morgan fingerprint density at radius 3 is 2.58 bits per heavy atom. The van der Waals surface area contributed by atoms with Gasteiger partial charge >= 0.3 is 0 Å². The topological polar surface area (TPSA) is 85.6 Å². The van der Waals surface area contributed by atoms with Crippen molar-refractivity contribution in [2.45, 2.75) is 20.0 Å². The van der Waals surface area contributed by atoms with E-state index in [1.807, 2.05) is 49.4 Å². The fourth-order valence-electron chi connectivity index (χ4n) is 3.68. The molecule has 7 nitrogen and oxygen atoms in total. The van der Waals surface area contributed by atoms with E-state index in [1.54, 1.807) is 18.5 Å².